The largest absolute Gasteiger partial charge is 0.311 e. The number of pyridine rings is 1. The van der Waals surface area contributed by atoms with E-state index in [0.717, 1.165) is 17.5 Å². The van der Waals surface area contributed by atoms with Crippen molar-refractivity contribution in [2.75, 3.05) is 0 Å². The molecule has 0 radical (unpaired) electrons. The summed E-state index contributed by atoms with van der Waals surface area (Å²) in [5, 5.41) is 0. The molecule has 2 aromatic carbocycles. The van der Waals surface area contributed by atoms with Crippen LogP contribution in [0.3, 0.4) is 0 Å². The SMILES string of the molecule is CC(=O)c1cc(Cc2ccccc2)cc(Cn2ccccc2=O)c1. The van der Waals surface area contributed by atoms with Crippen LogP contribution in [0.25, 0.3) is 0 Å². The molecule has 0 fully saturated rings. The number of benzene rings is 2. The van der Waals surface area contributed by atoms with Crippen LogP contribution in [0.15, 0.2) is 77.7 Å². The van der Waals surface area contributed by atoms with Gasteiger partial charge in [-0.3, -0.25) is 9.59 Å². The van der Waals surface area contributed by atoms with Gasteiger partial charge in [-0.1, -0.05) is 42.5 Å². The van der Waals surface area contributed by atoms with Gasteiger partial charge in [-0.2, -0.15) is 0 Å². The summed E-state index contributed by atoms with van der Waals surface area (Å²) in [6, 6.07) is 21.1. The molecule has 24 heavy (non-hydrogen) atoms. The maximum Gasteiger partial charge on any atom is 0.250 e. The van der Waals surface area contributed by atoms with Gasteiger partial charge in [-0.05, 0) is 48.2 Å². The van der Waals surface area contributed by atoms with Crippen molar-refractivity contribution in [1.82, 2.24) is 4.57 Å². The molecule has 1 aromatic heterocycles. The van der Waals surface area contributed by atoms with E-state index in [1.807, 2.05) is 36.4 Å². The van der Waals surface area contributed by atoms with Crippen LogP contribution >= 0.6 is 0 Å². The summed E-state index contributed by atoms with van der Waals surface area (Å²) < 4.78 is 1.64. The molecule has 0 atom stereocenters. The van der Waals surface area contributed by atoms with Gasteiger partial charge in [0.05, 0.1) is 6.54 Å². The first-order valence-corrected chi connectivity index (χ1v) is 7.95. The number of ketones is 1. The van der Waals surface area contributed by atoms with E-state index in [9.17, 15) is 9.59 Å². The second-order valence-electron chi connectivity index (χ2n) is 5.92. The van der Waals surface area contributed by atoms with E-state index >= 15 is 0 Å². The number of hydrogen-bond donors (Lipinski definition) is 0. The lowest BCUT2D eigenvalue weighted by Crippen LogP contribution is -2.18. The number of carbonyl (C=O) groups is 1. The molecule has 3 heteroatoms. The molecule has 0 aliphatic carbocycles. The van der Waals surface area contributed by atoms with Crippen LogP contribution in [0.4, 0.5) is 0 Å². The minimum absolute atomic E-state index is 0.0339. The second-order valence-corrected chi connectivity index (χ2v) is 5.92. The van der Waals surface area contributed by atoms with Crippen molar-refractivity contribution in [3.05, 3.63) is 106 Å². The summed E-state index contributed by atoms with van der Waals surface area (Å²) in [4.78, 5) is 23.8. The van der Waals surface area contributed by atoms with Crippen LogP contribution < -0.4 is 5.56 Å². The first-order valence-electron chi connectivity index (χ1n) is 7.95. The molecule has 0 saturated heterocycles. The highest BCUT2D eigenvalue weighted by Gasteiger charge is 2.07. The summed E-state index contributed by atoms with van der Waals surface area (Å²) in [6.07, 6.45) is 2.53. The third-order valence-corrected chi connectivity index (χ3v) is 3.96. The smallest absolute Gasteiger partial charge is 0.250 e. The summed E-state index contributed by atoms with van der Waals surface area (Å²) >= 11 is 0. The number of rotatable bonds is 5. The molecule has 0 aliphatic heterocycles. The molecule has 3 aromatic rings. The lowest BCUT2D eigenvalue weighted by atomic mass is 9.98. The minimum Gasteiger partial charge on any atom is -0.311 e. The van der Waals surface area contributed by atoms with Crippen molar-refractivity contribution in [3.8, 4) is 0 Å². The van der Waals surface area contributed by atoms with Gasteiger partial charge in [0.15, 0.2) is 5.78 Å². The zero-order valence-corrected chi connectivity index (χ0v) is 13.6. The number of carbonyl (C=O) groups excluding carboxylic acids is 1. The Hall–Kier alpha value is -2.94. The van der Waals surface area contributed by atoms with E-state index in [-0.39, 0.29) is 11.3 Å². The topological polar surface area (TPSA) is 39.1 Å². The maximum absolute atomic E-state index is 11.9. The van der Waals surface area contributed by atoms with Gasteiger partial charge in [0.25, 0.3) is 5.56 Å². The molecule has 0 bridgehead atoms. The molecule has 120 valence electrons. The van der Waals surface area contributed by atoms with Gasteiger partial charge >= 0.3 is 0 Å². The second kappa shape index (κ2) is 7.09. The monoisotopic (exact) mass is 317 g/mol. The fourth-order valence-corrected chi connectivity index (χ4v) is 2.78. The van der Waals surface area contributed by atoms with Gasteiger partial charge < -0.3 is 4.57 Å². The van der Waals surface area contributed by atoms with Gasteiger partial charge in [-0.25, -0.2) is 0 Å². The van der Waals surface area contributed by atoms with Crippen molar-refractivity contribution in [1.29, 1.82) is 0 Å². The summed E-state index contributed by atoms with van der Waals surface area (Å²) in [6.45, 7) is 2.03. The lowest BCUT2D eigenvalue weighted by Gasteiger charge is -2.10. The Labute approximate surface area is 141 Å². The van der Waals surface area contributed by atoms with Crippen LogP contribution in [0, 0.1) is 0 Å². The first-order chi connectivity index (χ1) is 11.6. The normalized spacial score (nSPS) is 10.5. The van der Waals surface area contributed by atoms with E-state index < -0.39 is 0 Å². The van der Waals surface area contributed by atoms with Gasteiger partial charge in [-0.15, -0.1) is 0 Å². The Morgan fingerprint density at radius 3 is 2.29 bits per heavy atom. The zero-order valence-electron chi connectivity index (χ0n) is 13.6. The average Bonchev–Trinajstić information content (AvgIpc) is 2.58. The minimum atomic E-state index is -0.0460. The van der Waals surface area contributed by atoms with Gasteiger partial charge in [0.1, 0.15) is 0 Å². The van der Waals surface area contributed by atoms with Gasteiger partial charge in [0, 0.05) is 17.8 Å². The van der Waals surface area contributed by atoms with Crippen molar-refractivity contribution < 1.29 is 4.79 Å². The van der Waals surface area contributed by atoms with E-state index in [1.54, 1.807) is 29.8 Å². The van der Waals surface area contributed by atoms with E-state index in [2.05, 4.69) is 18.2 Å². The predicted octanol–water partition coefficient (Wildman–Crippen LogP) is 3.69. The fourth-order valence-electron chi connectivity index (χ4n) is 2.78. The molecular formula is C21H19NO2. The molecule has 0 saturated carbocycles. The Kier molecular flexibility index (Phi) is 4.71. The maximum atomic E-state index is 11.9. The van der Waals surface area contributed by atoms with Crippen LogP contribution in [0.5, 0.6) is 0 Å². The van der Waals surface area contributed by atoms with E-state index in [0.29, 0.717) is 12.1 Å². The third kappa shape index (κ3) is 3.87. The summed E-state index contributed by atoms with van der Waals surface area (Å²) in [5.74, 6) is 0.0339. The molecule has 0 aliphatic rings. The van der Waals surface area contributed by atoms with Crippen LogP contribution in [-0.4, -0.2) is 10.4 Å². The standard InChI is InChI=1S/C21H19NO2/c1-16(23)20-13-18(11-17-7-3-2-4-8-17)12-19(14-20)15-22-10-6-5-9-21(22)24/h2-10,12-14H,11,15H2,1H3. The summed E-state index contributed by atoms with van der Waals surface area (Å²) in [5.41, 5.74) is 3.87. The van der Waals surface area contributed by atoms with Gasteiger partial charge in [0.2, 0.25) is 0 Å². The number of aromatic nitrogens is 1. The predicted molar refractivity (Wildman–Crippen MR) is 95.5 cm³/mol. The summed E-state index contributed by atoms with van der Waals surface area (Å²) in [7, 11) is 0. The molecule has 0 unspecified atom stereocenters. The third-order valence-electron chi connectivity index (χ3n) is 3.96. The van der Waals surface area contributed by atoms with Crippen molar-refractivity contribution >= 4 is 5.78 Å². The number of nitrogens with zero attached hydrogens (tertiary/aromatic N) is 1. The molecule has 1 heterocycles. The molecule has 0 spiro atoms. The highest BCUT2D eigenvalue weighted by molar-refractivity contribution is 5.94. The molecule has 3 nitrogen and oxygen atoms in total. The van der Waals surface area contributed by atoms with Crippen molar-refractivity contribution in [3.63, 3.8) is 0 Å². The van der Waals surface area contributed by atoms with E-state index in [1.165, 1.54) is 5.56 Å². The van der Waals surface area contributed by atoms with E-state index in [4.69, 9.17) is 0 Å². The zero-order chi connectivity index (χ0) is 16.9. The van der Waals surface area contributed by atoms with Crippen LogP contribution in [-0.2, 0) is 13.0 Å². The quantitative estimate of drug-likeness (QED) is 0.673. The molecule has 0 N–H and O–H groups in total. The Balaban J connectivity index is 1.95. The number of hydrogen-bond acceptors (Lipinski definition) is 2. The van der Waals surface area contributed by atoms with Crippen LogP contribution in [0.1, 0.15) is 34.0 Å². The number of Topliss-reactive ketones (excluding diaryl/α,β-unsaturated/α-hetero) is 1. The Morgan fingerprint density at radius 2 is 1.58 bits per heavy atom. The first kappa shape index (κ1) is 15.9. The van der Waals surface area contributed by atoms with Crippen molar-refractivity contribution in [2.24, 2.45) is 0 Å². The highest BCUT2D eigenvalue weighted by Crippen LogP contribution is 2.16. The fraction of sp³-hybridized carbons (Fsp3) is 0.143. The van der Waals surface area contributed by atoms with Crippen molar-refractivity contribution in [2.45, 2.75) is 19.9 Å². The Bertz CT molecular complexity index is 910. The average molecular weight is 317 g/mol. The van der Waals surface area contributed by atoms with Crippen LogP contribution in [0.2, 0.25) is 0 Å². The molecule has 3 rings (SSSR count). The molecular weight excluding hydrogens is 298 g/mol. The lowest BCUT2D eigenvalue weighted by molar-refractivity contribution is 0.101. The highest BCUT2D eigenvalue weighted by atomic mass is 16.1. The Morgan fingerprint density at radius 1 is 0.875 bits per heavy atom. The molecule has 0 amide bonds.